The lowest BCUT2D eigenvalue weighted by Crippen LogP contribution is -2.47. The number of nitrogens with one attached hydrogen (secondary N) is 1. The Morgan fingerprint density at radius 1 is 1.31 bits per heavy atom. The van der Waals surface area contributed by atoms with E-state index in [1.54, 1.807) is 13.8 Å². The van der Waals surface area contributed by atoms with E-state index < -0.39 is 10.0 Å². The first-order chi connectivity index (χ1) is 6.73. The molecular formula is C10H23ClN2O2S. The maximum Gasteiger partial charge on any atom is 0.214 e. The first kappa shape index (κ1) is 16.2. The van der Waals surface area contributed by atoms with Gasteiger partial charge in [0.1, 0.15) is 0 Å². The van der Waals surface area contributed by atoms with Crippen LogP contribution in [0.15, 0.2) is 0 Å². The van der Waals surface area contributed by atoms with Gasteiger partial charge in [-0.05, 0) is 46.5 Å². The van der Waals surface area contributed by atoms with Crippen molar-refractivity contribution in [3.63, 3.8) is 0 Å². The molecule has 3 N–H and O–H groups in total. The third kappa shape index (κ3) is 4.57. The van der Waals surface area contributed by atoms with E-state index in [0.717, 1.165) is 25.7 Å². The van der Waals surface area contributed by atoms with Gasteiger partial charge >= 0.3 is 0 Å². The van der Waals surface area contributed by atoms with Gasteiger partial charge in [0.2, 0.25) is 10.0 Å². The van der Waals surface area contributed by atoms with Crippen molar-refractivity contribution in [3.05, 3.63) is 0 Å². The van der Waals surface area contributed by atoms with Crippen molar-refractivity contribution in [1.29, 1.82) is 0 Å². The van der Waals surface area contributed by atoms with Crippen LogP contribution in [0.25, 0.3) is 0 Å². The lowest BCUT2D eigenvalue weighted by Gasteiger charge is -2.34. The molecule has 6 heteroatoms. The maximum absolute atomic E-state index is 11.6. The predicted octanol–water partition coefficient (Wildman–Crippen LogP) is 1.40. The topological polar surface area (TPSA) is 72.2 Å². The Kier molecular flexibility index (Phi) is 5.72. The summed E-state index contributed by atoms with van der Waals surface area (Å²) in [5, 5.41) is -0.358. The normalized spacial score (nSPS) is 31.2. The molecule has 1 saturated carbocycles. The van der Waals surface area contributed by atoms with E-state index >= 15 is 0 Å². The van der Waals surface area contributed by atoms with Gasteiger partial charge in [-0.1, -0.05) is 0 Å². The van der Waals surface area contributed by atoms with Gasteiger partial charge in [-0.3, -0.25) is 0 Å². The Hall–Kier alpha value is 0.160. The first-order valence-corrected chi connectivity index (χ1v) is 7.08. The summed E-state index contributed by atoms with van der Waals surface area (Å²) in [5.41, 5.74) is 5.87. The van der Waals surface area contributed by atoms with E-state index in [1.165, 1.54) is 0 Å². The van der Waals surface area contributed by atoms with Crippen molar-refractivity contribution < 1.29 is 8.42 Å². The Morgan fingerprint density at radius 2 is 1.75 bits per heavy atom. The molecule has 4 nitrogen and oxygen atoms in total. The first-order valence-electron chi connectivity index (χ1n) is 5.53. The van der Waals surface area contributed by atoms with Crippen LogP contribution in [0.4, 0.5) is 0 Å². The maximum atomic E-state index is 11.6. The molecule has 0 bridgehead atoms. The lowest BCUT2D eigenvalue weighted by molar-refractivity contribution is 0.284. The van der Waals surface area contributed by atoms with Gasteiger partial charge in [-0.25, -0.2) is 13.1 Å². The van der Waals surface area contributed by atoms with Gasteiger partial charge in [0.25, 0.3) is 0 Å². The fourth-order valence-electron chi connectivity index (χ4n) is 1.76. The zero-order chi connectivity index (χ0) is 11.7. The average molecular weight is 271 g/mol. The van der Waals surface area contributed by atoms with Crippen LogP contribution in [0.5, 0.6) is 0 Å². The molecule has 1 fully saturated rings. The van der Waals surface area contributed by atoms with Crippen LogP contribution in [0.1, 0.15) is 46.5 Å². The molecule has 1 aliphatic rings. The fourth-order valence-corrected chi connectivity index (χ4v) is 2.74. The van der Waals surface area contributed by atoms with Gasteiger partial charge < -0.3 is 5.73 Å². The summed E-state index contributed by atoms with van der Waals surface area (Å²) in [6.45, 7) is 5.41. The van der Waals surface area contributed by atoms with Gasteiger partial charge in [0, 0.05) is 11.6 Å². The average Bonchev–Trinajstić information content (AvgIpc) is 2.08. The molecule has 0 radical (unpaired) electrons. The van der Waals surface area contributed by atoms with E-state index in [-0.39, 0.29) is 29.2 Å². The molecule has 1 aliphatic carbocycles. The summed E-state index contributed by atoms with van der Waals surface area (Å²) in [5.74, 6) is 0. The molecule has 0 aromatic carbocycles. The van der Waals surface area contributed by atoms with E-state index in [0.29, 0.717) is 0 Å². The third-order valence-corrected chi connectivity index (χ3v) is 4.98. The minimum atomic E-state index is -3.13. The van der Waals surface area contributed by atoms with Crippen LogP contribution in [-0.2, 0) is 10.0 Å². The predicted molar refractivity (Wildman–Crippen MR) is 69.3 cm³/mol. The minimum absolute atomic E-state index is 0. The second kappa shape index (κ2) is 5.67. The number of nitrogens with two attached hydrogens (primary N) is 1. The molecule has 0 unspecified atom stereocenters. The van der Waals surface area contributed by atoms with Crippen molar-refractivity contribution in [2.45, 2.75) is 63.3 Å². The third-order valence-electron chi connectivity index (χ3n) is 3.08. The molecule has 0 heterocycles. The van der Waals surface area contributed by atoms with Crippen molar-refractivity contribution in [3.8, 4) is 0 Å². The molecular weight excluding hydrogens is 248 g/mol. The number of rotatable bonds is 3. The summed E-state index contributed by atoms with van der Waals surface area (Å²) in [6, 6.07) is 0.0778. The molecule has 16 heavy (non-hydrogen) atoms. The Morgan fingerprint density at radius 3 is 2.12 bits per heavy atom. The van der Waals surface area contributed by atoms with Gasteiger partial charge in [-0.15, -0.1) is 12.4 Å². The van der Waals surface area contributed by atoms with Crippen LogP contribution < -0.4 is 10.5 Å². The monoisotopic (exact) mass is 270 g/mol. The van der Waals surface area contributed by atoms with Crippen LogP contribution >= 0.6 is 12.4 Å². The van der Waals surface area contributed by atoms with Crippen molar-refractivity contribution in [2.75, 3.05) is 0 Å². The largest absolute Gasteiger partial charge is 0.325 e. The summed E-state index contributed by atoms with van der Waals surface area (Å²) in [6.07, 6.45) is 3.47. The SMILES string of the molecule is CC(C)S(=O)(=O)NC1CCC(C)(N)CC1.Cl. The number of halogens is 1. The van der Waals surface area contributed by atoms with Crippen molar-refractivity contribution >= 4 is 22.4 Å². The molecule has 0 aromatic heterocycles. The van der Waals surface area contributed by atoms with Gasteiger partial charge in [0.05, 0.1) is 5.25 Å². The van der Waals surface area contributed by atoms with Crippen LogP contribution in [-0.4, -0.2) is 25.2 Å². The summed E-state index contributed by atoms with van der Waals surface area (Å²) in [4.78, 5) is 0. The number of hydrogen-bond acceptors (Lipinski definition) is 3. The van der Waals surface area contributed by atoms with Crippen molar-refractivity contribution in [1.82, 2.24) is 4.72 Å². The molecule has 0 atom stereocenters. The van der Waals surface area contributed by atoms with Crippen molar-refractivity contribution in [2.24, 2.45) is 5.73 Å². The standard InChI is InChI=1S/C10H22N2O2S.ClH/c1-8(2)15(13,14)12-9-4-6-10(3,11)7-5-9;/h8-9,12H,4-7,11H2,1-3H3;1H. The van der Waals surface area contributed by atoms with Crippen LogP contribution in [0.3, 0.4) is 0 Å². The quantitative estimate of drug-likeness (QED) is 0.814. The molecule has 0 aromatic rings. The minimum Gasteiger partial charge on any atom is -0.325 e. The Labute approximate surface area is 105 Å². The molecule has 0 saturated heterocycles. The molecule has 0 aliphatic heterocycles. The molecule has 98 valence electrons. The summed E-state index contributed by atoms with van der Waals surface area (Å²) < 4.78 is 26.0. The second-order valence-corrected chi connectivity index (χ2v) is 7.41. The summed E-state index contributed by atoms with van der Waals surface area (Å²) in [7, 11) is -3.13. The highest BCUT2D eigenvalue weighted by Gasteiger charge is 2.30. The number of sulfonamides is 1. The Bertz CT molecular complexity index is 305. The smallest absolute Gasteiger partial charge is 0.214 e. The van der Waals surface area contributed by atoms with Crippen LogP contribution in [0, 0.1) is 0 Å². The molecule has 1 rings (SSSR count). The van der Waals surface area contributed by atoms with E-state index in [1.807, 2.05) is 6.92 Å². The highest BCUT2D eigenvalue weighted by molar-refractivity contribution is 7.90. The fraction of sp³-hybridized carbons (Fsp3) is 1.00. The zero-order valence-corrected chi connectivity index (χ0v) is 11.8. The summed E-state index contributed by atoms with van der Waals surface area (Å²) >= 11 is 0. The van der Waals surface area contributed by atoms with Gasteiger partial charge in [0.15, 0.2) is 0 Å². The van der Waals surface area contributed by atoms with Gasteiger partial charge in [-0.2, -0.15) is 0 Å². The molecule has 0 amide bonds. The van der Waals surface area contributed by atoms with Crippen LogP contribution in [0.2, 0.25) is 0 Å². The highest BCUT2D eigenvalue weighted by Crippen LogP contribution is 2.26. The van der Waals surface area contributed by atoms with E-state index in [4.69, 9.17) is 5.73 Å². The number of hydrogen-bond donors (Lipinski definition) is 2. The van der Waals surface area contributed by atoms with E-state index in [9.17, 15) is 8.42 Å². The Balaban J connectivity index is 0.00000225. The highest BCUT2D eigenvalue weighted by atomic mass is 35.5. The lowest BCUT2D eigenvalue weighted by atomic mass is 9.82. The molecule has 0 spiro atoms. The second-order valence-electron chi connectivity index (χ2n) is 5.14. The zero-order valence-electron chi connectivity index (χ0n) is 10.2. The van der Waals surface area contributed by atoms with E-state index in [2.05, 4.69) is 4.72 Å².